The number of hydrogen-bond acceptors (Lipinski definition) is 4. The van der Waals surface area contributed by atoms with Crippen LogP contribution in [0.5, 0.6) is 0 Å². The number of amides is 1. The molecule has 6 heteroatoms. The molecule has 1 amide bonds. The van der Waals surface area contributed by atoms with Gasteiger partial charge in [-0.25, -0.2) is 0 Å². The number of hydrogen-bond donors (Lipinski definition) is 2. The molecule has 0 bridgehead atoms. The number of carbonyl (C=O) groups excluding carboxylic acids is 1. The highest BCUT2D eigenvalue weighted by atomic mass is 35.5. The molecule has 0 aromatic heterocycles. The van der Waals surface area contributed by atoms with Gasteiger partial charge in [-0.3, -0.25) is 4.79 Å². The van der Waals surface area contributed by atoms with Crippen molar-refractivity contribution < 1.29 is 9.53 Å². The summed E-state index contributed by atoms with van der Waals surface area (Å²) in [6.45, 7) is 2.42. The SMILES string of the molecule is COCCN(C)CCCC(=O)Nc1ccc(Cl)cc1N. The molecule has 0 unspecified atom stereocenters. The number of carbonyl (C=O) groups is 1. The van der Waals surface area contributed by atoms with E-state index in [1.165, 1.54) is 0 Å². The van der Waals surface area contributed by atoms with Gasteiger partial charge in [0.05, 0.1) is 18.0 Å². The van der Waals surface area contributed by atoms with E-state index in [2.05, 4.69) is 10.2 Å². The van der Waals surface area contributed by atoms with E-state index in [4.69, 9.17) is 22.1 Å². The standard InChI is InChI=1S/C14H22ClN3O2/c1-18(8-9-20-2)7-3-4-14(19)17-13-6-5-11(15)10-12(13)16/h5-6,10H,3-4,7-9,16H2,1-2H3,(H,17,19). The Balaban J connectivity index is 2.30. The zero-order valence-electron chi connectivity index (χ0n) is 12.0. The largest absolute Gasteiger partial charge is 0.397 e. The maximum absolute atomic E-state index is 11.8. The van der Waals surface area contributed by atoms with Crippen LogP contribution >= 0.6 is 11.6 Å². The van der Waals surface area contributed by atoms with Crippen LogP contribution in [0.3, 0.4) is 0 Å². The molecule has 0 radical (unpaired) electrons. The van der Waals surface area contributed by atoms with E-state index >= 15 is 0 Å². The highest BCUT2D eigenvalue weighted by Crippen LogP contribution is 2.22. The minimum absolute atomic E-state index is 0.0424. The number of halogens is 1. The zero-order valence-corrected chi connectivity index (χ0v) is 12.7. The van der Waals surface area contributed by atoms with Crippen molar-refractivity contribution in [2.45, 2.75) is 12.8 Å². The van der Waals surface area contributed by atoms with E-state index in [1.807, 2.05) is 7.05 Å². The fourth-order valence-corrected chi connectivity index (χ4v) is 1.91. The summed E-state index contributed by atoms with van der Waals surface area (Å²) in [6, 6.07) is 5.03. The van der Waals surface area contributed by atoms with Crippen LogP contribution in [0.2, 0.25) is 5.02 Å². The van der Waals surface area contributed by atoms with Crippen molar-refractivity contribution in [1.82, 2.24) is 4.90 Å². The minimum Gasteiger partial charge on any atom is -0.397 e. The van der Waals surface area contributed by atoms with Crippen LogP contribution in [0.1, 0.15) is 12.8 Å². The molecule has 5 nitrogen and oxygen atoms in total. The molecule has 0 saturated heterocycles. The Morgan fingerprint density at radius 2 is 2.20 bits per heavy atom. The van der Waals surface area contributed by atoms with Crippen LogP contribution in [0.25, 0.3) is 0 Å². The third-order valence-electron chi connectivity index (χ3n) is 2.91. The van der Waals surface area contributed by atoms with Crippen molar-refractivity contribution in [3.8, 4) is 0 Å². The Bertz CT molecular complexity index is 440. The zero-order chi connectivity index (χ0) is 15.0. The van der Waals surface area contributed by atoms with Crippen molar-refractivity contribution in [1.29, 1.82) is 0 Å². The Morgan fingerprint density at radius 1 is 1.45 bits per heavy atom. The van der Waals surface area contributed by atoms with E-state index in [1.54, 1.807) is 25.3 Å². The van der Waals surface area contributed by atoms with Gasteiger partial charge in [0.2, 0.25) is 5.91 Å². The molecule has 112 valence electrons. The summed E-state index contributed by atoms with van der Waals surface area (Å²) < 4.78 is 5.00. The topological polar surface area (TPSA) is 67.6 Å². The Hall–Kier alpha value is -1.30. The lowest BCUT2D eigenvalue weighted by Gasteiger charge is -2.15. The molecule has 1 aromatic rings. The van der Waals surface area contributed by atoms with Gasteiger partial charge >= 0.3 is 0 Å². The first-order chi connectivity index (χ1) is 9.52. The van der Waals surface area contributed by atoms with Gasteiger partial charge in [-0.15, -0.1) is 0 Å². The highest BCUT2D eigenvalue weighted by Gasteiger charge is 2.06. The number of benzene rings is 1. The maximum Gasteiger partial charge on any atom is 0.224 e. The molecule has 1 aromatic carbocycles. The second-order valence-corrected chi connectivity index (χ2v) is 5.12. The van der Waals surface area contributed by atoms with Gasteiger partial charge in [0.1, 0.15) is 0 Å². The summed E-state index contributed by atoms with van der Waals surface area (Å²) in [4.78, 5) is 13.9. The normalized spacial score (nSPS) is 10.8. The number of rotatable bonds is 8. The van der Waals surface area contributed by atoms with E-state index in [0.717, 1.165) is 19.5 Å². The summed E-state index contributed by atoms with van der Waals surface area (Å²) >= 11 is 5.81. The molecule has 0 aliphatic heterocycles. The fourth-order valence-electron chi connectivity index (χ4n) is 1.73. The molecule has 0 saturated carbocycles. The van der Waals surface area contributed by atoms with Gasteiger partial charge in [0.25, 0.3) is 0 Å². The molecule has 0 heterocycles. The summed E-state index contributed by atoms with van der Waals surface area (Å²) in [7, 11) is 3.69. The number of nitrogen functional groups attached to an aromatic ring is 1. The summed E-state index contributed by atoms with van der Waals surface area (Å²) in [6.07, 6.45) is 1.25. The number of nitrogens with zero attached hydrogens (tertiary/aromatic N) is 1. The van der Waals surface area contributed by atoms with E-state index < -0.39 is 0 Å². The third-order valence-corrected chi connectivity index (χ3v) is 3.14. The average molecular weight is 300 g/mol. The number of anilines is 2. The first-order valence-electron chi connectivity index (χ1n) is 6.55. The van der Waals surface area contributed by atoms with E-state index in [-0.39, 0.29) is 5.91 Å². The van der Waals surface area contributed by atoms with Crippen molar-refractivity contribution >= 4 is 28.9 Å². The van der Waals surface area contributed by atoms with Crippen LogP contribution in [0.15, 0.2) is 18.2 Å². The van der Waals surface area contributed by atoms with Gasteiger partial charge in [-0.2, -0.15) is 0 Å². The maximum atomic E-state index is 11.8. The van der Waals surface area contributed by atoms with Crippen LogP contribution < -0.4 is 11.1 Å². The number of likely N-dealkylation sites (N-methyl/N-ethyl adjacent to an activating group) is 1. The number of nitrogens with two attached hydrogens (primary N) is 1. The van der Waals surface area contributed by atoms with Crippen LogP contribution in [-0.4, -0.2) is 44.7 Å². The van der Waals surface area contributed by atoms with Crippen molar-refractivity contribution in [2.24, 2.45) is 0 Å². The molecular formula is C14H22ClN3O2. The fraction of sp³-hybridized carbons (Fsp3) is 0.500. The van der Waals surface area contributed by atoms with E-state index in [0.29, 0.717) is 29.4 Å². The molecule has 0 atom stereocenters. The summed E-state index contributed by atoms with van der Waals surface area (Å²) in [5, 5.41) is 3.34. The average Bonchev–Trinajstić information content (AvgIpc) is 2.39. The van der Waals surface area contributed by atoms with E-state index in [9.17, 15) is 4.79 Å². The van der Waals surface area contributed by atoms with Crippen LogP contribution in [0, 0.1) is 0 Å². The molecular weight excluding hydrogens is 278 g/mol. The molecule has 0 spiro atoms. The molecule has 0 fully saturated rings. The predicted molar refractivity (Wildman–Crippen MR) is 83.1 cm³/mol. The Labute approximate surface area is 125 Å². The first-order valence-corrected chi connectivity index (χ1v) is 6.93. The smallest absolute Gasteiger partial charge is 0.224 e. The molecule has 0 aliphatic carbocycles. The minimum atomic E-state index is -0.0424. The second kappa shape index (κ2) is 8.79. The first kappa shape index (κ1) is 16.8. The van der Waals surface area contributed by atoms with Crippen LogP contribution in [0.4, 0.5) is 11.4 Å². The number of methoxy groups -OCH3 is 1. The lowest BCUT2D eigenvalue weighted by Crippen LogP contribution is -2.25. The molecule has 1 rings (SSSR count). The Kier molecular flexibility index (Phi) is 7.36. The Morgan fingerprint density at radius 3 is 2.85 bits per heavy atom. The molecule has 0 aliphatic rings. The van der Waals surface area contributed by atoms with Crippen LogP contribution in [-0.2, 0) is 9.53 Å². The van der Waals surface area contributed by atoms with Crippen molar-refractivity contribution in [2.75, 3.05) is 44.9 Å². The van der Waals surface area contributed by atoms with Gasteiger partial charge in [0, 0.05) is 25.1 Å². The lowest BCUT2D eigenvalue weighted by molar-refractivity contribution is -0.116. The lowest BCUT2D eigenvalue weighted by atomic mass is 10.2. The molecule has 3 N–H and O–H groups in total. The van der Waals surface area contributed by atoms with Crippen molar-refractivity contribution in [3.05, 3.63) is 23.2 Å². The van der Waals surface area contributed by atoms with Gasteiger partial charge in [-0.1, -0.05) is 11.6 Å². The third kappa shape index (κ3) is 6.23. The predicted octanol–water partition coefficient (Wildman–Crippen LogP) is 2.22. The monoisotopic (exact) mass is 299 g/mol. The molecule has 20 heavy (non-hydrogen) atoms. The van der Waals surface area contributed by atoms with Gasteiger partial charge in [0.15, 0.2) is 0 Å². The van der Waals surface area contributed by atoms with Gasteiger partial charge < -0.3 is 20.7 Å². The number of nitrogens with one attached hydrogen (secondary N) is 1. The van der Waals surface area contributed by atoms with Crippen molar-refractivity contribution in [3.63, 3.8) is 0 Å². The summed E-state index contributed by atoms with van der Waals surface area (Å²) in [5.74, 6) is -0.0424. The van der Waals surface area contributed by atoms with Gasteiger partial charge in [-0.05, 0) is 38.2 Å². The highest BCUT2D eigenvalue weighted by molar-refractivity contribution is 6.31. The second-order valence-electron chi connectivity index (χ2n) is 4.68. The quantitative estimate of drug-likeness (QED) is 0.722. The number of ether oxygens (including phenoxy) is 1. The summed E-state index contributed by atoms with van der Waals surface area (Å²) in [5.41, 5.74) is 6.86.